The number of carbonyl (C=O) groups excluding carboxylic acids is 1. The molecule has 0 atom stereocenters. The van der Waals surface area contributed by atoms with Crippen LogP contribution in [0.3, 0.4) is 0 Å². The fourth-order valence-corrected chi connectivity index (χ4v) is 7.22. The number of nitrogens with one attached hydrogen (secondary N) is 1. The van der Waals surface area contributed by atoms with Gasteiger partial charge in [0, 0.05) is 75.2 Å². The molecular weight excluding hydrogens is 553 g/mol. The van der Waals surface area contributed by atoms with E-state index < -0.39 is 0 Å². The summed E-state index contributed by atoms with van der Waals surface area (Å²) in [7, 11) is 0. The van der Waals surface area contributed by atoms with Gasteiger partial charge in [-0.2, -0.15) is 0 Å². The number of anilines is 1. The Morgan fingerprint density at radius 1 is 1.02 bits per heavy atom. The van der Waals surface area contributed by atoms with Crippen LogP contribution in [-0.2, 0) is 6.54 Å². The van der Waals surface area contributed by atoms with E-state index in [1.54, 1.807) is 24.5 Å². The van der Waals surface area contributed by atoms with E-state index in [9.17, 15) is 9.18 Å². The SMILES string of the molecule is O=Cc1ccc(N2CCC3(CC2)CC(N2CCN(Cc4ccc(F)cc4)CC2)C3)cc1Oc1cnc2[nH]cc(Cl)c2c1. The van der Waals surface area contributed by atoms with Crippen molar-refractivity contribution >= 4 is 34.6 Å². The molecule has 2 aromatic heterocycles. The Morgan fingerprint density at radius 3 is 2.52 bits per heavy atom. The third-order valence-corrected chi connectivity index (χ3v) is 9.89. The highest BCUT2D eigenvalue weighted by Gasteiger charge is 2.48. The number of H-pyrrole nitrogens is 1. The molecule has 2 aliphatic heterocycles. The number of fused-ring (bicyclic) bond motifs is 1. The van der Waals surface area contributed by atoms with Crippen molar-refractivity contribution in [1.29, 1.82) is 0 Å². The average Bonchev–Trinajstić information content (AvgIpc) is 3.37. The van der Waals surface area contributed by atoms with Crippen LogP contribution < -0.4 is 9.64 Å². The van der Waals surface area contributed by atoms with Gasteiger partial charge in [-0.1, -0.05) is 23.7 Å². The third kappa shape index (κ3) is 5.51. The molecule has 1 saturated carbocycles. The van der Waals surface area contributed by atoms with Crippen LogP contribution in [0, 0.1) is 11.2 Å². The van der Waals surface area contributed by atoms with E-state index in [0.29, 0.717) is 39.2 Å². The minimum absolute atomic E-state index is 0.173. The summed E-state index contributed by atoms with van der Waals surface area (Å²) in [5, 5.41) is 1.36. The van der Waals surface area contributed by atoms with Crippen LogP contribution in [0.15, 0.2) is 60.9 Å². The van der Waals surface area contributed by atoms with Crippen LogP contribution in [-0.4, -0.2) is 71.4 Å². The lowest BCUT2D eigenvalue weighted by molar-refractivity contribution is -0.0355. The Balaban J connectivity index is 0.925. The highest BCUT2D eigenvalue weighted by atomic mass is 35.5. The van der Waals surface area contributed by atoms with Crippen LogP contribution in [0.25, 0.3) is 11.0 Å². The zero-order valence-corrected chi connectivity index (χ0v) is 24.3. The Kier molecular flexibility index (Phi) is 7.38. The number of aromatic amines is 1. The predicted molar refractivity (Wildman–Crippen MR) is 163 cm³/mol. The van der Waals surface area contributed by atoms with Gasteiger partial charge < -0.3 is 14.6 Å². The lowest BCUT2D eigenvalue weighted by Crippen LogP contribution is -2.59. The molecule has 0 radical (unpaired) electrons. The number of pyridine rings is 1. The number of aromatic nitrogens is 2. The van der Waals surface area contributed by atoms with E-state index in [1.165, 1.54) is 31.2 Å². The maximum absolute atomic E-state index is 13.2. The molecule has 7 nitrogen and oxygen atoms in total. The lowest BCUT2D eigenvalue weighted by Gasteiger charge is -2.56. The summed E-state index contributed by atoms with van der Waals surface area (Å²) in [6.07, 6.45) is 9.11. The Hall–Kier alpha value is -3.46. The zero-order chi connectivity index (χ0) is 28.7. The van der Waals surface area contributed by atoms with E-state index >= 15 is 0 Å². The smallest absolute Gasteiger partial charge is 0.153 e. The molecule has 1 N–H and O–H groups in total. The van der Waals surface area contributed by atoms with E-state index in [1.807, 2.05) is 36.4 Å². The van der Waals surface area contributed by atoms with Gasteiger partial charge in [-0.25, -0.2) is 9.37 Å². The van der Waals surface area contributed by atoms with Gasteiger partial charge in [-0.15, -0.1) is 0 Å². The number of ether oxygens (including phenoxy) is 1. The second-order valence-corrected chi connectivity index (χ2v) is 12.5. The number of piperazine rings is 1. The van der Waals surface area contributed by atoms with Gasteiger partial charge in [0.1, 0.15) is 23.0 Å². The van der Waals surface area contributed by atoms with E-state index in [4.69, 9.17) is 16.3 Å². The summed E-state index contributed by atoms with van der Waals surface area (Å²) >= 11 is 6.26. The second-order valence-electron chi connectivity index (χ2n) is 12.1. The first-order chi connectivity index (χ1) is 20.5. The summed E-state index contributed by atoms with van der Waals surface area (Å²) in [5.74, 6) is 0.893. The first-order valence-corrected chi connectivity index (χ1v) is 15.2. The standard InChI is InChI=1S/C33H35ClFN5O2/c34-30-20-37-32-29(30)16-28(19-36-32)42-31-15-26(6-3-24(31)22-41)39-9-7-33(8-10-39)17-27(18-33)40-13-11-38(12-14-40)21-23-1-4-25(35)5-2-23/h1-6,15-16,19-20,22,27H,7-14,17-18,21H2,(H,36,37). The normalized spacial score (nSPS) is 19.7. The third-order valence-electron chi connectivity index (χ3n) is 9.58. The highest BCUT2D eigenvalue weighted by molar-refractivity contribution is 6.35. The van der Waals surface area contributed by atoms with Crippen molar-refractivity contribution in [1.82, 2.24) is 19.8 Å². The molecule has 3 aliphatic rings. The van der Waals surface area contributed by atoms with Crippen molar-refractivity contribution in [3.05, 3.63) is 82.9 Å². The number of piperidine rings is 1. The van der Waals surface area contributed by atoms with E-state index in [0.717, 1.165) is 63.2 Å². The van der Waals surface area contributed by atoms with Gasteiger partial charge >= 0.3 is 0 Å². The molecule has 9 heteroatoms. The summed E-state index contributed by atoms with van der Waals surface area (Å²) < 4.78 is 19.4. The second kappa shape index (κ2) is 11.3. The molecule has 2 aromatic carbocycles. The number of rotatable bonds is 7. The van der Waals surface area contributed by atoms with Crippen LogP contribution in [0.1, 0.15) is 41.6 Å². The number of halogens is 2. The van der Waals surface area contributed by atoms with Crippen molar-refractivity contribution in [2.45, 2.75) is 38.3 Å². The minimum atomic E-state index is -0.173. The van der Waals surface area contributed by atoms with Gasteiger partial charge in [-0.3, -0.25) is 14.6 Å². The number of aldehydes is 1. The molecule has 0 unspecified atom stereocenters. The molecule has 4 aromatic rings. The number of hydrogen-bond acceptors (Lipinski definition) is 6. The molecular formula is C33H35ClFN5O2. The maximum atomic E-state index is 13.2. The fourth-order valence-electron chi connectivity index (χ4n) is 7.02. The molecule has 7 rings (SSSR count). The van der Waals surface area contributed by atoms with Crippen molar-refractivity contribution in [3.8, 4) is 11.5 Å². The lowest BCUT2D eigenvalue weighted by atomic mass is 9.60. The van der Waals surface area contributed by atoms with Crippen molar-refractivity contribution < 1.29 is 13.9 Å². The summed E-state index contributed by atoms with van der Waals surface area (Å²) in [4.78, 5) is 26.8. The molecule has 0 bridgehead atoms. The number of nitrogens with zero attached hydrogens (tertiary/aromatic N) is 4. The molecule has 1 spiro atoms. The first-order valence-electron chi connectivity index (χ1n) is 14.8. The Morgan fingerprint density at radius 2 is 1.79 bits per heavy atom. The quantitative estimate of drug-likeness (QED) is 0.248. The van der Waals surface area contributed by atoms with Gasteiger partial charge in [-0.05, 0) is 67.0 Å². The monoisotopic (exact) mass is 587 g/mol. The summed E-state index contributed by atoms with van der Waals surface area (Å²) in [6, 6.07) is 15.3. The predicted octanol–water partition coefficient (Wildman–Crippen LogP) is 6.53. The maximum Gasteiger partial charge on any atom is 0.153 e. The van der Waals surface area contributed by atoms with E-state index in [2.05, 4.69) is 24.7 Å². The molecule has 0 amide bonds. The highest BCUT2D eigenvalue weighted by Crippen LogP contribution is 2.51. The topological polar surface area (TPSA) is 64.7 Å². The molecule has 2 saturated heterocycles. The van der Waals surface area contributed by atoms with Gasteiger partial charge in [0.2, 0.25) is 0 Å². The van der Waals surface area contributed by atoms with Crippen LogP contribution in [0.4, 0.5) is 10.1 Å². The first kappa shape index (κ1) is 27.4. The molecule has 3 fully saturated rings. The largest absolute Gasteiger partial charge is 0.455 e. The minimum Gasteiger partial charge on any atom is -0.455 e. The van der Waals surface area contributed by atoms with Crippen molar-refractivity contribution in [3.63, 3.8) is 0 Å². The molecule has 1 aliphatic carbocycles. The van der Waals surface area contributed by atoms with Crippen molar-refractivity contribution in [2.75, 3.05) is 44.2 Å². The van der Waals surface area contributed by atoms with E-state index in [-0.39, 0.29) is 5.82 Å². The fraction of sp³-hybridized carbons (Fsp3) is 0.394. The van der Waals surface area contributed by atoms with Gasteiger partial charge in [0.15, 0.2) is 6.29 Å². The Bertz CT molecular complexity index is 1570. The Labute approximate surface area is 250 Å². The van der Waals surface area contributed by atoms with Crippen LogP contribution >= 0.6 is 11.6 Å². The summed E-state index contributed by atoms with van der Waals surface area (Å²) in [6.45, 7) is 7.26. The number of hydrogen-bond donors (Lipinski definition) is 1. The molecule has 42 heavy (non-hydrogen) atoms. The zero-order valence-electron chi connectivity index (χ0n) is 23.6. The van der Waals surface area contributed by atoms with Crippen LogP contribution in [0.5, 0.6) is 11.5 Å². The average molecular weight is 588 g/mol. The molecule has 4 heterocycles. The number of benzene rings is 2. The van der Waals surface area contributed by atoms with Gasteiger partial charge in [0.25, 0.3) is 0 Å². The van der Waals surface area contributed by atoms with Crippen LogP contribution in [0.2, 0.25) is 5.02 Å². The number of carbonyl (C=O) groups is 1. The van der Waals surface area contributed by atoms with Crippen molar-refractivity contribution in [2.24, 2.45) is 5.41 Å². The van der Waals surface area contributed by atoms with Gasteiger partial charge in [0.05, 0.1) is 16.8 Å². The molecule has 218 valence electrons. The summed E-state index contributed by atoms with van der Waals surface area (Å²) in [5.41, 5.74) is 3.91.